The fourth-order valence-electron chi connectivity index (χ4n) is 3.76. The molecule has 28 heavy (non-hydrogen) atoms. The molecule has 2 aromatic carbocycles. The Morgan fingerprint density at radius 1 is 1.11 bits per heavy atom. The zero-order valence-corrected chi connectivity index (χ0v) is 17.5. The van der Waals surface area contributed by atoms with Crippen molar-refractivity contribution >= 4 is 16.9 Å². The third-order valence-corrected chi connectivity index (χ3v) is 5.28. The Kier molecular flexibility index (Phi) is 6.50. The summed E-state index contributed by atoms with van der Waals surface area (Å²) < 4.78 is 2.28. The number of para-hydroxylation sites is 2. The van der Waals surface area contributed by atoms with Crippen LogP contribution in [-0.4, -0.2) is 15.5 Å². The normalized spacial score (nSPS) is 12.3. The van der Waals surface area contributed by atoms with Crippen LogP contribution in [0.2, 0.25) is 0 Å². The molecule has 1 N–H and O–H groups in total. The largest absolute Gasteiger partial charge is 0.342 e. The second-order valence-electron chi connectivity index (χ2n) is 7.68. The van der Waals surface area contributed by atoms with E-state index in [0.717, 1.165) is 46.5 Å². The molecule has 0 saturated heterocycles. The monoisotopic (exact) mass is 377 g/mol. The number of nitrogens with zero attached hydrogens (tertiary/aromatic N) is 2. The summed E-state index contributed by atoms with van der Waals surface area (Å²) in [6, 6.07) is 14.0. The van der Waals surface area contributed by atoms with Gasteiger partial charge in [-0.1, -0.05) is 56.0 Å². The van der Waals surface area contributed by atoms with Crippen LogP contribution in [0.25, 0.3) is 11.0 Å². The van der Waals surface area contributed by atoms with E-state index in [2.05, 4.69) is 28.9 Å². The Bertz CT molecular complexity index is 958. The van der Waals surface area contributed by atoms with Crippen molar-refractivity contribution in [2.75, 3.05) is 0 Å². The maximum atomic E-state index is 12.8. The first-order valence-electron chi connectivity index (χ1n) is 10.3. The summed E-state index contributed by atoms with van der Waals surface area (Å²) in [6.07, 6.45) is 4.81. The van der Waals surface area contributed by atoms with Gasteiger partial charge in [0.15, 0.2) is 0 Å². The minimum Gasteiger partial charge on any atom is -0.342 e. The van der Waals surface area contributed by atoms with E-state index >= 15 is 0 Å². The first kappa shape index (κ1) is 20.1. The SMILES string of the molecule is CCCCCCn1c(C(C)NC(=O)c2ccc(C)cc2C)nc2ccccc21. The third-order valence-electron chi connectivity index (χ3n) is 5.28. The molecule has 0 bridgehead atoms. The van der Waals surface area contributed by atoms with Crippen molar-refractivity contribution in [3.05, 3.63) is 65.0 Å². The Morgan fingerprint density at radius 3 is 2.64 bits per heavy atom. The van der Waals surface area contributed by atoms with Crippen molar-refractivity contribution in [2.45, 2.75) is 66.0 Å². The van der Waals surface area contributed by atoms with E-state index in [9.17, 15) is 4.79 Å². The molecule has 1 heterocycles. The van der Waals surface area contributed by atoms with Crippen molar-refractivity contribution < 1.29 is 4.79 Å². The number of benzene rings is 2. The Labute approximate surface area is 168 Å². The number of hydrogen-bond acceptors (Lipinski definition) is 2. The lowest BCUT2D eigenvalue weighted by Crippen LogP contribution is -2.29. The van der Waals surface area contributed by atoms with Gasteiger partial charge in [0.25, 0.3) is 5.91 Å². The van der Waals surface area contributed by atoms with Gasteiger partial charge in [-0.05, 0) is 51.0 Å². The quantitative estimate of drug-likeness (QED) is 0.510. The molecular formula is C24H31N3O. The van der Waals surface area contributed by atoms with Gasteiger partial charge in [-0.3, -0.25) is 4.79 Å². The van der Waals surface area contributed by atoms with Crippen molar-refractivity contribution in [3.63, 3.8) is 0 Å². The lowest BCUT2D eigenvalue weighted by molar-refractivity contribution is 0.0937. The molecule has 4 heteroatoms. The van der Waals surface area contributed by atoms with Crippen LogP contribution in [0.1, 0.15) is 72.9 Å². The number of nitrogens with one attached hydrogen (secondary N) is 1. The fourth-order valence-corrected chi connectivity index (χ4v) is 3.76. The van der Waals surface area contributed by atoms with Crippen molar-refractivity contribution in [3.8, 4) is 0 Å². The summed E-state index contributed by atoms with van der Waals surface area (Å²) in [5.74, 6) is 0.880. The van der Waals surface area contributed by atoms with Crippen LogP contribution in [0.15, 0.2) is 42.5 Å². The third kappa shape index (κ3) is 4.44. The molecule has 0 fully saturated rings. The molecule has 148 valence electrons. The number of hydrogen-bond donors (Lipinski definition) is 1. The summed E-state index contributed by atoms with van der Waals surface area (Å²) in [6.45, 7) is 9.20. The zero-order chi connectivity index (χ0) is 20.1. The predicted molar refractivity (Wildman–Crippen MR) is 116 cm³/mol. The molecule has 4 nitrogen and oxygen atoms in total. The molecule has 1 aromatic heterocycles. The second-order valence-corrected chi connectivity index (χ2v) is 7.68. The van der Waals surface area contributed by atoms with E-state index in [0.29, 0.717) is 0 Å². The summed E-state index contributed by atoms with van der Waals surface area (Å²) in [5.41, 5.74) is 5.01. The lowest BCUT2D eigenvalue weighted by atomic mass is 10.0. The summed E-state index contributed by atoms with van der Waals surface area (Å²) in [7, 11) is 0. The van der Waals surface area contributed by atoms with Gasteiger partial charge in [0.05, 0.1) is 17.1 Å². The van der Waals surface area contributed by atoms with Crippen LogP contribution < -0.4 is 5.32 Å². The maximum absolute atomic E-state index is 12.8. The van der Waals surface area contributed by atoms with Gasteiger partial charge >= 0.3 is 0 Å². The second kappa shape index (κ2) is 9.05. The average molecular weight is 378 g/mol. The van der Waals surface area contributed by atoms with Crippen molar-refractivity contribution in [2.24, 2.45) is 0 Å². The minimum atomic E-state index is -0.160. The number of unbranched alkanes of at least 4 members (excludes halogenated alkanes) is 3. The Hall–Kier alpha value is -2.62. The van der Waals surface area contributed by atoms with Gasteiger partial charge in [0.2, 0.25) is 0 Å². The van der Waals surface area contributed by atoms with Gasteiger partial charge in [-0.2, -0.15) is 0 Å². The molecule has 0 aliphatic rings. The van der Waals surface area contributed by atoms with E-state index in [1.807, 2.05) is 51.1 Å². The van der Waals surface area contributed by atoms with Crippen LogP contribution in [-0.2, 0) is 6.54 Å². The van der Waals surface area contributed by atoms with Gasteiger partial charge in [-0.25, -0.2) is 4.98 Å². The highest BCUT2D eigenvalue weighted by molar-refractivity contribution is 5.96. The number of aromatic nitrogens is 2. The Morgan fingerprint density at radius 2 is 1.89 bits per heavy atom. The molecule has 1 atom stereocenters. The van der Waals surface area contributed by atoms with Crippen LogP contribution in [0, 0.1) is 13.8 Å². The number of carbonyl (C=O) groups is 1. The van der Waals surface area contributed by atoms with Crippen LogP contribution in [0.4, 0.5) is 0 Å². The van der Waals surface area contributed by atoms with Gasteiger partial charge in [-0.15, -0.1) is 0 Å². The molecule has 0 aliphatic carbocycles. The summed E-state index contributed by atoms with van der Waals surface area (Å²) in [4.78, 5) is 17.7. The van der Waals surface area contributed by atoms with E-state index in [1.165, 1.54) is 19.3 Å². The number of fused-ring (bicyclic) bond motifs is 1. The van der Waals surface area contributed by atoms with E-state index < -0.39 is 0 Å². The van der Waals surface area contributed by atoms with E-state index in [-0.39, 0.29) is 11.9 Å². The predicted octanol–water partition coefficient (Wildman–Crippen LogP) is 5.72. The number of rotatable bonds is 8. The minimum absolute atomic E-state index is 0.0467. The maximum Gasteiger partial charge on any atom is 0.252 e. The molecule has 3 aromatic rings. The number of carbonyl (C=O) groups excluding carboxylic acids is 1. The van der Waals surface area contributed by atoms with Crippen molar-refractivity contribution in [1.82, 2.24) is 14.9 Å². The molecule has 0 aliphatic heterocycles. The standard InChI is InChI=1S/C24H31N3O/c1-5-6-7-10-15-27-22-12-9-8-11-21(22)26-23(27)19(4)25-24(28)20-14-13-17(2)16-18(20)3/h8-9,11-14,16,19H,5-7,10,15H2,1-4H3,(H,25,28). The molecule has 0 saturated carbocycles. The molecule has 1 unspecified atom stereocenters. The fraction of sp³-hybridized carbons (Fsp3) is 0.417. The highest BCUT2D eigenvalue weighted by atomic mass is 16.1. The average Bonchev–Trinajstić information content (AvgIpc) is 3.04. The van der Waals surface area contributed by atoms with Crippen molar-refractivity contribution in [1.29, 1.82) is 0 Å². The van der Waals surface area contributed by atoms with Gasteiger partial charge < -0.3 is 9.88 Å². The smallest absolute Gasteiger partial charge is 0.252 e. The highest BCUT2D eigenvalue weighted by Gasteiger charge is 2.19. The zero-order valence-electron chi connectivity index (χ0n) is 17.5. The Balaban J connectivity index is 1.83. The molecule has 0 spiro atoms. The lowest BCUT2D eigenvalue weighted by Gasteiger charge is -2.17. The van der Waals surface area contributed by atoms with Crippen LogP contribution in [0.3, 0.4) is 0 Å². The topological polar surface area (TPSA) is 46.9 Å². The molecule has 1 amide bonds. The number of aryl methyl sites for hydroxylation is 3. The number of imidazole rings is 1. The van der Waals surface area contributed by atoms with Crippen LogP contribution in [0.5, 0.6) is 0 Å². The molecule has 3 rings (SSSR count). The molecule has 0 radical (unpaired) electrons. The van der Waals surface area contributed by atoms with Gasteiger partial charge in [0, 0.05) is 12.1 Å². The van der Waals surface area contributed by atoms with E-state index in [1.54, 1.807) is 0 Å². The van der Waals surface area contributed by atoms with Crippen LogP contribution >= 0.6 is 0 Å². The first-order valence-corrected chi connectivity index (χ1v) is 10.3. The molecular weight excluding hydrogens is 346 g/mol. The van der Waals surface area contributed by atoms with E-state index in [4.69, 9.17) is 4.98 Å². The summed E-state index contributed by atoms with van der Waals surface area (Å²) in [5, 5.41) is 3.15. The first-order chi connectivity index (χ1) is 13.5. The van der Waals surface area contributed by atoms with Gasteiger partial charge in [0.1, 0.15) is 5.82 Å². The number of amides is 1. The summed E-state index contributed by atoms with van der Waals surface area (Å²) >= 11 is 0. The highest BCUT2D eigenvalue weighted by Crippen LogP contribution is 2.22.